The molecule has 0 unspecified atom stereocenters. The highest BCUT2D eigenvalue weighted by Gasteiger charge is 2.27. The standard InChI is InChI=1S/C56H54N2/c1-35-15-11-13-17-51(35)57(53-33-43(55(5,6)7)23-19-37(53)3)45-25-21-39-29-47-48-30-40-22-26-46(28-42(40)32-50(48)49(47)31-41(39)27-45)58(52-18-14-12-16-36(52)2)54-34-44(56(8,9)10)24-20-38(54)4/h11-34H,1-10H3. The molecular weight excluding hydrogens is 701 g/mol. The predicted molar refractivity (Wildman–Crippen MR) is 252 cm³/mol. The second kappa shape index (κ2) is 13.8. The van der Waals surface area contributed by atoms with Crippen LogP contribution in [0.3, 0.4) is 0 Å². The molecule has 58 heavy (non-hydrogen) atoms. The first-order valence-corrected chi connectivity index (χ1v) is 20.8. The van der Waals surface area contributed by atoms with Gasteiger partial charge in [-0.3, -0.25) is 0 Å². The van der Waals surface area contributed by atoms with Crippen molar-refractivity contribution in [1.29, 1.82) is 0 Å². The van der Waals surface area contributed by atoms with Gasteiger partial charge in [0.05, 0.1) is 0 Å². The molecule has 8 aromatic carbocycles. The Balaban J connectivity index is 1.15. The van der Waals surface area contributed by atoms with Gasteiger partial charge in [0, 0.05) is 34.1 Å². The maximum absolute atomic E-state index is 2.46. The molecule has 0 aliphatic heterocycles. The lowest BCUT2D eigenvalue weighted by molar-refractivity contribution is 0.590. The van der Waals surface area contributed by atoms with E-state index in [-0.39, 0.29) is 10.8 Å². The van der Waals surface area contributed by atoms with Crippen molar-refractivity contribution in [3.63, 3.8) is 0 Å². The normalized spacial score (nSPS) is 12.3. The molecule has 0 bridgehead atoms. The summed E-state index contributed by atoms with van der Waals surface area (Å²) in [4.78, 5) is 4.92. The number of hydrogen-bond acceptors (Lipinski definition) is 2. The third kappa shape index (κ3) is 6.45. The van der Waals surface area contributed by atoms with E-state index in [1.807, 2.05) is 0 Å². The quantitative estimate of drug-likeness (QED) is 0.167. The van der Waals surface area contributed by atoms with Crippen molar-refractivity contribution >= 4 is 55.7 Å². The Labute approximate surface area is 345 Å². The largest absolute Gasteiger partial charge is 0.310 e. The van der Waals surface area contributed by atoms with Crippen molar-refractivity contribution in [3.05, 3.63) is 179 Å². The van der Waals surface area contributed by atoms with E-state index in [2.05, 4.69) is 225 Å². The summed E-state index contributed by atoms with van der Waals surface area (Å²) < 4.78 is 0. The molecule has 0 heterocycles. The van der Waals surface area contributed by atoms with Crippen LogP contribution in [0.4, 0.5) is 34.1 Å². The summed E-state index contributed by atoms with van der Waals surface area (Å²) >= 11 is 0. The van der Waals surface area contributed by atoms with Crippen LogP contribution < -0.4 is 9.80 Å². The van der Waals surface area contributed by atoms with Crippen molar-refractivity contribution < 1.29 is 0 Å². The summed E-state index contributed by atoms with van der Waals surface area (Å²) in [5, 5.41) is 5.02. The Bertz CT molecular complexity index is 2710. The molecule has 1 aliphatic carbocycles. The van der Waals surface area contributed by atoms with Crippen molar-refractivity contribution in [1.82, 2.24) is 0 Å². The SMILES string of the molecule is Cc1ccccc1N(c1ccc2cc3c(cc2c1)-c1cc2cc(N(c4ccccc4C)c4cc(C(C)(C)C)ccc4C)ccc2cc1-3)c1cc(C(C)(C)C)ccc1C. The van der Waals surface area contributed by atoms with Crippen LogP contribution in [0.1, 0.15) is 74.9 Å². The second-order valence-electron chi connectivity index (χ2n) is 18.6. The number of rotatable bonds is 6. The number of fused-ring (bicyclic) bond motifs is 6. The summed E-state index contributed by atoms with van der Waals surface area (Å²) in [6, 6.07) is 55.0. The highest BCUT2D eigenvalue weighted by atomic mass is 15.2. The van der Waals surface area contributed by atoms with Gasteiger partial charge in [-0.2, -0.15) is 0 Å². The van der Waals surface area contributed by atoms with Gasteiger partial charge in [0.15, 0.2) is 0 Å². The number of anilines is 6. The predicted octanol–water partition coefficient (Wildman–Crippen LogP) is 16.4. The number of aryl methyl sites for hydroxylation is 4. The first-order chi connectivity index (χ1) is 27.7. The van der Waals surface area contributed by atoms with Crippen molar-refractivity contribution in [2.75, 3.05) is 9.80 Å². The van der Waals surface area contributed by atoms with Crippen molar-refractivity contribution in [2.24, 2.45) is 0 Å². The summed E-state index contributed by atoms with van der Waals surface area (Å²) in [7, 11) is 0. The van der Waals surface area contributed by atoms with E-state index in [4.69, 9.17) is 0 Å². The molecule has 0 radical (unpaired) electrons. The maximum atomic E-state index is 2.46. The van der Waals surface area contributed by atoms with E-state index in [0.717, 1.165) is 0 Å². The van der Waals surface area contributed by atoms with Gasteiger partial charge in [-0.25, -0.2) is 0 Å². The Hall–Kier alpha value is -6.12. The molecule has 0 N–H and O–H groups in total. The first kappa shape index (κ1) is 37.5. The molecule has 288 valence electrons. The van der Waals surface area contributed by atoms with Gasteiger partial charge in [0.1, 0.15) is 0 Å². The molecule has 0 spiro atoms. The van der Waals surface area contributed by atoms with Crippen molar-refractivity contribution in [3.8, 4) is 22.3 Å². The lowest BCUT2D eigenvalue weighted by Crippen LogP contribution is -2.16. The highest BCUT2D eigenvalue weighted by molar-refractivity contribution is 6.12. The Morgan fingerprint density at radius 2 is 0.655 bits per heavy atom. The van der Waals surface area contributed by atoms with Crippen LogP contribution in [0.2, 0.25) is 0 Å². The fourth-order valence-electron chi connectivity index (χ4n) is 8.76. The molecular formula is C56H54N2. The van der Waals surface area contributed by atoms with E-state index < -0.39 is 0 Å². The molecule has 0 fully saturated rings. The molecule has 8 aromatic rings. The Kier molecular flexibility index (Phi) is 8.89. The number of nitrogens with zero attached hydrogens (tertiary/aromatic N) is 2. The fraction of sp³-hybridized carbons (Fsp3) is 0.214. The molecule has 1 aliphatic rings. The minimum absolute atomic E-state index is 0.0406. The topological polar surface area (TPSA) is 6.48 Å². The second-order valence-corrected chi connectivity index (χ2v) is 18.6. The van der Waals surface area contributed by atoms with E-state index in [1.54, 1.807) is 0 Å². The van der Waals surface area contributed by atoms with Gasteiger partial charge in [-0.1, -0.05) is 114 Å². The molecule has 2 heteroatoms. The van der Waals surface area contributed by atoms with Gasteiger partial charge in [-0.15, -0.1) is 0 Å². The highest BCUT2D eigenvalue weighted by Crippen LogP contribution is 2.52. The molecule has 0 amide bonds. The minimum atomic E-state index is 0.0406. The summed E-state index contributed by atoms with van der Waals surface area (Å²) in [6.45, 7) is 22.7. The third-order valence-corrected chi connectivity index (χ3v) is 12.4. The average Bonchev–Trinajstić information content (AvgIpc) is 3.18. The number of hydrogen-bond donors (Lipinski definition) is 0. The zero-order valence-corrected chi connectivity index (χ0v) is 35.8. The zero-order chi connectivity index (χ0) is 40.7. The first-order valence-electron chi connectivity index (χ1n) is 20.8. The van der Waals surface area contributed by atoms with Crippen LogP contribution in [0.5, 0.6) is 0 Å². The summed E-state index contributed by atoms with van der Waals surface area (Å²) in [6.07, 6.45) is 0. The van der Waals surface area contributed by atoms with E-state index in [0.29, 0.717) is 0 Å². The average molecular weight is 755 g/mol. The third-order valence-electron chi connectivity index (χ3n) is 12.4. The fourth-order valence-corrected chi connectivity index (χ4v) is 8.76. The molecule has 9 rings (SSSR count). The lowest BCUT2D eigenvalue weighted by Gasteiger charge is -2.31. The molecule has 2 nitrogen and oxygen atoms in total. The molecule has 0 aromatic heterocycles. The van der Waals surface area contributed by atoms with Crippen LogP contribution in [0.15, 0.2) is 146 Å². The summed E-state index contributed by atoms with van der Waals surface area (Å²) in [5.41, 5.74) is 20.2. The molecule has 0 saturated carbocycles. The van der Waals surface area contributed by atoms with Gasteiger partial charge in [0.25, 0.3) is 0 Å². The molecule has 0 atom stereocenters. The van der Waals surface area contributed by atoms with Gasteiger partial charge in [-0.05, 0) is 189 Å². The minimum Gasteiger partial charge on any atom is -0.310 e. The van der Waals surface area contributed by atoms with E-state index in [9.17, 15) is 0 Å². The van der Waals surface area contributed by atoms with Gasteiger partial charge in [0.2, 0.25) is 0 Å². The van der Waals surface area contributed by atoms with Crippen molar-refractivity contribution in [2.45, 2.75) is 80.1 Å². The monoisotopic (exact) mass is 754 g/mol. The number of para-hydroxylation sites is 2. The maximum Gasteiger partial charge on any atom is 0.0493 e. The van der Waals surface area contributed by atoms with Crippen LogP contribution in [0, 0.1) is 27.7 Å². The van der Waals surface area contributed by atoms with Gasteiger partial charge < -0.3 is 9.80 Å². The Morgan fingerprint density at radius 1 is 0.310 bits per heavy atom. The van der Waals surface area contributed by atoms with E-state index >= 15 is 0 Å². The summed E-state index contributed by atoms with van der Waals surface area (Å²) in [5.74, 6) is 0. The van der Waals surface area contributed by atoms with E-state index in [1.165, 1.54) is 111 Å². The van der Waals surface area contributed by atoms with Crippen LogP contribution in [0.25, 0.3) is 43.8 Å². The molecule has 0 saturated heterocycles. The van der Waals surface area contributed by atoms with Crippen LogP contribution in [-0.2, 0) is 10.8 Å². The lowest BCUT2D eigenvalue weighted by atomic mass is 9.78. The van der Waals surface area contributed by atoms with Gasteiger partial charge >= 0.3 is 0 Å². The van der Waals surface area contributed by atoms with Crippen LogP contribution >= 0.6 is 0 Å². The number of benzene rings is 8. The van der Waals surface area contributed by atoms with Crippen LogP contribution in [-0.4, -0.2) is 0 Å². The Morgan fingerprint density at radius 3 is 1.02 bits per heavy atom. The zero-order valence-electron chi connectivity index (χ0n) is 35.8. The smallest absolute Gasteiger partial charge is 0.0493 e.